The van der Waals surface area contributed by atoms with E-state index in [1.54, 1.807) is 42.3 Å². The summed E-state index contributed by atoms with van der Waals surface area (Å²) in [4.78, 5) is 39.8. The fourth-order valence-corrected chi connectivity index (χ4v) is 3.19. The number of ketones is 1. The number of benzene rings is 1. The zero-order chi connectivity index (χ0) is 18.8. The van der Waals surface area contributed by atoms with E-state index in [1.165, 1.54) is 17.4 Å². The van der Waals surface area contributed by atoms with Crippen LogP contribution in [0.1, 0.15) is 20.8 Å². The van der Waals surface area contributed by atoms with Crippen molar-refractivity contribution in [2.45, 2.75) is 0 Å². The minimum absolute atomic E-state index is 0.0601. The molecule has 0 fully saturated rings. The smallest absolute Gasteiger partial charge is 0.241 e. The van der Waals surface area contributed by atoms with Crippen molar-refractivity contribution in [3.8, 4) is 11.3 Å². The van der Waals surface area contributed by atoms with Gasteiger partial charge in [-0.2, -0.15) is 0 Å². The third-order valence-electron chi connectivity index (χ3n) is 3.94. The monoisotopic (exact) mass is 375 g/mol. The molecule has 132 valence electrons. The molecule has 0 unspecified atom stereocenters. The Kier molecular flexibility index (Phi) is 4.31. The van der Waals surface area contributed by atoms with Crippen LogP contribution in [0.4, 0.5) is 0 Å². The summed E-state index contributed by atoms with van der Waals surface area (Å²) in [5.41, 5.74) is 10.8. The van der Waals surface area contributed by atoms with E-state index in [-0.39, 0.29) is 5.78 Å². The van der Waals surface area contributed by atoms with Gasteiger partial charge in [-0.25, -0.2) is 9.97 Å². The minimum atomic E-state index is -0.533. The molecule has 0 aliphatic rings. The number of nitrogens with one attached hydrogen (secondary N) is 1. The first-order chi connectivity index (χ1) is 13.1. The maximum atomic E-state index is 12.4. The topological polar surface area (TPSA) is 115 Å². The first kappa shape index (κ1) is 16.8. The molecule has 0 saturated heterocycles. The van der Waals surface area contributed by atoms with Gasteiger partial charge in [-0.15, -0.1) is 11.3 Å². The highest BCUT2D eigenvalue weighted by atomic mass is 32.1. The van der Waals surface area contributed by atoms with Gasteiger partial charge in [0.15, 0.2) is 5.65 Å². The van der Waals surface area contributed by atoms with Crippen molar-refractivity contribution >= 4 is 40.3 Å². The highest BCUT2D eigenvalue weighted by Crippen LogP contribution is 2.23. The largest absolute Gasteiger partial charge is 0.366 e. The van der Waals surface area contributed by atoms with Gasteiger partial charge < -0.3 is 10.7 Å². The SMILES string of the molecule is NC(=O)/C=C/c1c[nH]c2ncc(-c3ccc(C(=O)c4cncs4)cc3)nc12. The molecule has 0 spiro atoms. The van der Waals surface area contributed by atoms with E-state index in [0.29, 0.717) is 27.3 Å². The van der Waals surface area contributed by atoms with Gasteiger partial charge in [0, 0.05) is 35.2 Å². The number of hydrogen-bond donors (Lipinski definition) is 2. The Morgan fingerprint density at radius 3 is 2.67 bits per heavy atom. The van der Waals surface area contributed by atoms with Gasteiger partial charge in [0.05, 0.1) is 22.3 Å². The second kappa shape index (κ2) is 6.93. The van der Waals surface area contributed by atoms with E-state index >= 15 is 0 Å². The minimum Gasteiger partial charge on any atom is -0.366 e. The molecule has 4 rings (SSSR count). The normalized spacial score (nSPS) is 11.3. The summed E-state index contributed by atoms with van der Waals surface area (Å²) in [6.07, 6.45) is 7.80. The lowest BCUT2D eigenvalue weighted by Crippen LogP contribution is -2.05. The van der Waals surface area contributed by atoms with Gasteiger partial charge in [-0.05, 0) is 6.08 Å². The molecule has 8 heteroatoms. The predicted molar refractivity (Wildman–Crippen MR) is 103 cm³/mol. The first-order valence-corrected chi connectivity index (χ1v) is 8.85. The average Bonchev–Trinajstić information content (AvgIpc) is 3.35. The molecule has 1 amide bonds. The van der Waals surface area contributed by atoms with Gasteiger partial charge in [0.25, 0.3) is 0 Å². The van der Waals surface area contributed by atoms with Gasteiger partial charge >= 0.3 is 0 Å². The van der Waals surface area contributed by atoms with Crippen LogP contribution in [0.25, 0.3) is 28.5 Å². The Hall–Kier alpha value is -3.65. The summed E-state index contributed by atoms with van der Waals surface area (Å²) in [5.74, 6) is -0.593. The van der Waals surface area contributed by atoms with Crippen molar-refractivity contribution in [1.29, 1.82) is 0 Å². The zero-order valence-electron chi connectivity index (χ0n) is 13.9. The van der Waals surface area contributed by atoms with Crippen molar-refractivity contribution in [2.75, 3.05) is 0 Å². The van der Waals surface area contributed by atoms with Gasteiger partial charge in [-0.1, -0.05) is 24.3 Å². The summed E-state index contributed by atoms with van der Waals surface area (Å²) in [7, 11) is 0. The molecule has 0 aliphatic heterocycles. The van der Waals surface area contributed by atoms with Crippen molar-refractivity contribution in [1.82, 2.24) is 19.9 Å². The number of aromatic amines is 1. The molecule has 0 saturated carbocycles. The Morgan fingerprint density at radius 2 is 1.96 bits per heavy atom. The van der Waals surface area contributed by atoms with Crippen molar-refractivity contribution in [2.24, 2.45) is 5.73 Å². The third kappa shape index (κ3) is 3.38. The highest BCUT2D eigenvalue weighted by Gasteiger charge is 2.12. The lowest BCUT2D eigenvalue weighted by Gasteiger charge is -2.03. The number of nitrogens with zero attached hydrogens (tertiary/aromatic N) is 3. The summed E-state index contributed by atoms with van der Waals surface area (Å²) in [6, 6.07) is 7.17. The molecule has 0 bridgehead atoms. The van der Waals surface area contributed by atoms with E-state index in [0.717, 1.165) is 11.1 Å². The van der Waals surface area contributed by atoms with Gasteiger partial charge in [0.1, 0.15) is 5.52 Å². The second-order valence-electron chi connectivity index (χ2n) is 5.70. The van der Waals surface area contributed by atoms with Crippen molar-refractivity contribution < 1.29 is 9.59 Å². The van der Waals surface area contributed by atoms with Crippen LogP contribution in [0.5, 0.6) is 0 Å². The Morgan fingerprint density at radius 1 is 1.15 bits per heavy atom. The fraction of sp³-hybridized carbons (Fsp3) is 0. The fourth-order valence-electron chi connectivity index (χ4n) is 2.61. The van der Waals surface area contributed by atoms with E-state index in [9.17, 15) is 9.59 Å². The number of primary amides is 1. The molecular weight excluding hydrogens is 362 g/mol. The molecule has 3 heterocycles. The molecule has 0 atom stereocenters. The number of thiazole rings is 1. The van der Waals surface area contributed by atoms with Crippen LogP contribution in [0.3, 0.4) is 0 Å². The Bertz CT molecular complexity index is 1160. The van der Waals surface area contributed by atoms with Crippen LogP contribution in [0.2, 0.25) is 0 Å². The summed E-state index contributed by atoms with van der Waals surface area (Å²) in [6.45, 7) is 0. The van der Waals surface area contributed by atoms with Gasteiger partial charge in [-0.3, -0.25) is 14.6 Å². The maximum Gasteiger partial charge on any atom is 0.241 e. The van der Waals surface area contributed by atoms with E-state index in [1.807, 2.05) is 12.1 Å². The number of hydrogen-bond acceptors (Lipinski definition) is 6. The number of rotatable bonds is 5. The number of carbonyl (C=O) groups is 2. The van der Waals surface area contributed by atoms with Crippen LogP contribution in [-0.2, 0) is 4.79 Å². The van der Waals surface area contributed by atoms with Crippen LogP contribution in [0.15, 0.2) is 54.4 Å². The first-order valence-electron chi connectivity index (χ1n) is 7.97. The quantitative estimate of drug-likeness (QED) is 0.411. The number of nitrogens with two attached hydrogens (primary N) is 1. The van der Waals surface area contributed by atoms with Gasteiger partial charge in [0.2, 0.25) is 11.7 Å². The van der Waals surface area contributed by atoms with Crippen LogP contribution in [-0.4, -0.2) is 31.6 Å². The average molecular weight is 375 g/mol. The number of amides is 1. The molecule has 27 heavy (non-hydrogen) atoms. The van der Waals surface area contributed by atoms with Crippen molar-refractivity contribution in [3.63, 3.8) is 0 Å². The summed E-state index contributed by atoms with van der Waals surface area (Å²) < 4.78 is 0. The number of H-pyrrole nitrogens is 1. The standard InChI is InChI=1S/C19H13N5O2S/c20-16(25)6-5-13-7-22-19-17(13)24-14(8-23-19)11-1-3-12(4-2-11)18(26)15-9-21-10-27-15/h1-10H,(H2,20,25)(H,22,23)/b6-5+. The van der Waals surface area contributed by atoms with Crippen LogP contribution >= 0.6 is 11.3 Å². The van der Waals surface area contributed by atoms with Crippen LogP contribution < -0.4 is 5.73 Å². The van der Waals surface area contributed by atoms with Crippen molar-refractivity contribution in [3.05, 3.63) is 70.4 Å². The third-order valence-corrected chi connectivity index (χ3v) is 4.71. The van der Waals surface area contributed by atoms with E-state index in [2.05, 4.69) is 19.9 Å². The van der Waals surface area contributed by atoms with E-state index in [4.69, 9.17) is 5.73 Å². The predicted octanol–water partition coefficient (Wildman–Crippen LogP) is 2.81. The summed E-state index contributed by atoms with van der Waals surface area (Å²) in [5, 5.41) is 0. The molecule has 4 aromatic rings. The Balaban J connectivity index is 1.67. The van der Waals surface area contributed by atoms with Crippen LogP contribution in [0, 0.1) is 0 Å². The summed E-state index contributed by atoms with van der Waals surface area (Å²) >= 11 is 1.31. The number of aromatic nitrogens is 4. The molecule has 3 N–H and O–H groups in total. The maximum absolute atomic E-state index is 12.4. The number of carbonyl (C=O) groups excluding carboxylic acids is 2. The molecule has 0 radical (unpaired) electrons. The molecule has 0 aliphatic carbocycles. The number of fused-ring (bicyclic) bond motifs is 1. The molecule has 3 aromatic heterocycles. The highest BCUT2D eigenvalue weighted by molar-refractivity contribution is 7.11. The lowest BCUT2D eigenvalue weighted by molar-refractivity contribution is -0.113. The molecule has 7 nitrogen and oxygen atoms in total. The Labute approximate surface area is 157 Å². The lowest BCUT2D eigenvalue weighted by atomic mass is 10.1. The molecular formula is C19H13N5O2S. The van der Waals surface area contributed by atoms with E-state index < -0.39 is 5.91 Å². The second-order valence-corrected chi connectivity index (χ2v) is 6.59. The zero-order valence-corrected chi connectivity index (χ0v) is 14.7. The molecule has 1 aromatic carbocycles.